The van der Waals surface area contributed by atoms with Crippen molar-refractivity contribution in [2.24, 2.45) is 0 Å². The van der Waals surface area contributed by atoms with Crippen LogP contribution >= 0.6 is 0 Å². The van der Waals surface area contributed by atoms with Crippen LogP contribution in [0, 0.1) is 0 Å². The Bertz CT molecular complexity index is 820. The molecule has 0 radical (unpaired) electrons. The molecule has 1 aromatic heterocycles. The van der Waals surface area contributed by atoms with Gasteiger partial charge in [-0.25, -0.2) is 9.78 Å². The van der Waals surface area contributed by atoms with E-state index in [1.54, 1.807) is 0 Å². The third kappa shape index (κ3) is 3.59. The maximum Gasteiger partial charge on any atom is 0.319 e. The summed E-state index contributed by atoms with van der Waals surface area (Å²) in [6, 6.07) is 10.1. The number of pyridine rings is 1. The number of aromatic nitrogens is 1. The van der Waals surface area contributed by atoms with E-state index < -0.39 is 0 Å². The molecule has 0 bridgehead atoms. The average Bonchev–Trinajstić information content (AvgIpc) is 3.02. The molecular weight excluding hydrogens is 326 g/mol. The van der Waals surface area contributed by atoms with Gasteiger partial charge in [0.25, 0.3) is 0 Å². The van der Waals surface area contributed by atoms with Crippen molar-refractivity contribution >= 4 is 23.2 Å². The molecule has 26 heavy (non-hydrogen) atoms. The lowest BCUT2D eigenvalue weighted by Gasteiger charge is -2.17. The molecule has 2 aromatic rings. The Labute approximate surface area is 154 Å². The molecule has 2 aliphatic rings. The van der Waals surface area contributed by atoms with E-state index in [1.165, 1.54) is 16.8 Å². The summed E-state index contributed by atoms with van der Waals surface area (Å²) in [7, 11) is 2.08. The summed E-state index contributed by atoms with van der Waals surface area (Å²) >= 11 is 0. The van der Waals surface area contributed by atoms with Crippen molar-refractivity contribution in [2.75, 3.05) is 42.2 Å². The molecule has 3 N–H and O–H groups in total. The highest BCUT2D eigenvalue weighted by Gasteiger charge is 2.16. The van der Waals surface area contributed by atoms with Gasteiger partial charge in [-0.2, -0.15) is 0 Å². The number of hydrogen-bond acceptors (Lipinski definition) is 4. The lowest BCUT2D eigenvalue weighted by atomic mass is 10.1. The molecule has 3 heterocycles. The predicted molar refractivity (Wildman–Crippen MR) is 105 cm³/mol. The summed E-state index contributed by atoms with van der Waals surface area (Å²) in [5.74, 6) is 1.00. The molecule has 0 fully saturated rings. The third-order valence-electron chi connectivity index (χ3n) is 5.09. The van der Waals surface area contributed by atoms with Gasteiger partial charge in [0.15, 0.2) is 0 Å². The first-order valence-corrected chi connectivity index (χ1v) is 9.30. The van der Waals surface area contributed by atoms with E-state index in [-0.39, 0.29) is 6.03 Å². The number of nitrogens with one attached hydrogen (secondary N) is 3. The SMILES string of the molecule is CN1CCc2ccc(NC(=O)NCCc3ccc4c(n3)NCCC4)cc21. The number of likely N-dealkylation sites (N-methyl/N-ethyl adjacent to an activating group) is 1. The number of rotatable bonds is 4. The molecule has 1 aromatic carbocycles. The number of hydrogen-bond donors (Lipinski definition) is 3. The molecule has 0 aliphatic carbocycles. The molecule has 0 saturated carbocycles. The van der Waals surface area contributed by atoms with E-state index in [4.69, 9.17) is 0 Å². The number of urea groups is 1. The zero-order valence-electron chi connectivity index (χ0n) is 15.1. The van der Waals surface area contributed by atoms with Crippen LogP contribution in [-0.4, -0.2) is 37.7 Å². The fraction of sp³-hybridized carbons (Fsp3) is 0.400. The van der Waals surface area contributed by atoms with Crippen molar-refractivity contribution in [1.82, 2.24) is 10.3 Å². The number of fused-ring (bicyclic) bond motifs is 2. The zero-order chi connectivity index (χ0) is 17.9. The van der Waals surface area contributed by atoms with E-state index in [9.17, 15) is 4.79 Å². The number of aryl methyl sites for hydroxylation is 1. The Balaban J connectivity index is 1.29. The van der Waals surface area contributed by atoms with Crippen LogP contribution in [0.4, 0.5) is 22.0 Å². The van der Waals surface area contributed by atoms with Crippen molar-refractivity contribution in [2.45, 2.75) is 25.7 Å². The Hall–Kier alpha value is -2.76. The van der Waals surface area contributed by atoms with Crippen LogP contribution in [0.5, 0.6) is 0 Å². The smallest absolute Gasteiger partial charge is 0.319 e. The highest BCUT2D eigenvalue weighted by Crippen LogP contribution is 2.29. The van der Waals surface area contributed by atoms with Gasteiger partial charge < -0.3 is 20.9 Å². The monoisotopic (exact) mass is 351 g/mol. The number of anilines is 3. The molecule has 136 valence electrons. The van der Waals surface area contributed by atoms with Crippen LogP contribution in [0.25, 0.3) is 0 Å². The van der Waals surface area contributed by atoms with E-state index in [0.29, 0.717) is 6.54 Å². The van der Waals surface area contributed by atoms with Crippen LogP contribution in [0.1, 0.15) is 23.2 Å². The van der Waals surface area contributed by atoms with Crippen molar-refractivity contribution in [3.8, 4) is 0 Å². The predicted octanol–water partition coefficient (Wildman–Crippen LogP) is 2.80. The van der Waals surface area contributed by atoms with Gasteiger partial charge in [-0.3, -0.25) is 0 Å². The molecule has 2 aliphatic heterocycles. The van der Waals surface area contributed by atoms with Gasteiger partial charge in [0.05, 0.1) is 0 Å². The van der Waals surface area contributed by atoms with Crippen molar-refractivity contribution in [3.05, 3.63) is 47.2 Å². The van der Waals surface area contributed by atoms with E-state index in [0.717, 1.165) is 56.0 Å². The van der Waals surface area contributed by atoms with Gasteiger partial charge in [-0.15, -0.1) is 0 Å². The summed E-state index contributed by atoms with van der Waals surface area (Å²) in [6.45, 7) is 2.58. The normalized spacial score (nSPS) is 15.0. The summed E-state index contributed by atoms with van der Waals surface area (Å²) in [4.78, 5) is 19.0. The highest BCUT2D eigenvalue weighted by atomic mass is 16.2. The van der Waals surface area contributed by atoms with Crippen LogP contribution in [0.15, 0.2) is 30.3 Å². The summed E-state index contributed by atoms with van der Waals surface area (Å²) in [5, 5.41) is 9.18. The second kappa shape index (κ2) is 7.23. The largest absolute Gasteiger partial charge is 0.374 e. The topological polar surface area (TPSA) is 69.3 Å². The third-order valence-corrected chi connectivity index (χ3v) is 5.09. The second-order valence-corrected chi connectivity index (χ2v) is 6.99. The molecule has 0 spiro atoms. The lowest BCUT2D eigenvalue weighted by Crippen LogP contribution is -2.30. The van der Waals surface area contributed by atoms with E-state index >= 15 is 0 Å². The van der Waals surface area contributed by atoms with Gasteiger partial charge >= 0.3 is 6.03 Å². The molecule has 6 heteroatoms. The minimum Gasteiger partial charge on any atom is -0.374 e. The molecule has 6 nitrogen and oxygen atoms in total. The molecule has 0 saturated heterocycles. The molecule has 2 amide bonds. The quantitative estimate of drug-likeness (QED) is 0.792. The van der Waals surface area contributed by atoms with E-state index in [1.807, 2.05) is 12.1 Å². The zero-order valence-corrected chi connectivity index (χ0v) is 15.1. The van der Waals surface area contributed by atoms with E-state index in [2.05, 4.69) is 51.1 Å². The van der Waals surface area contributed by atoms with Gasteiger partial charge in [0.1, 0.15) is 5.82 Å². The standard InChI is InChI=1S/C20H25N5O/c1-25-12-9-14-4-7-17(13-18(14)25)24-20(26)22-11-8-16-6-5-15-3-2-10-21-19(15)23-16/h4-7,13H,2-3,8-12H2,1H3,(H,21,23)(H2,22,24,26). The van der Waals surface area contributed by atoms with Crippen LogP contribution in [-0.2, 0) is 19.3 Å². The Morgan fingerprint density at radius 1 is 1.23 bits per heavy atom. The first kappa shape index (κ1) is 16.7. The molecule has 0 unspecified atom stereocenters. The number of carbonyl (C=O) groups excluding carboxylic acids is 1. The number of carbonyl (C=O) groups is 1. The Morgan fingerprint density at radius 3 is 3.04 bits per heavy atom. The maximum absolute atomic E-state index is 12.1. The van der Waals surface area contributed by atoms with Crippen molar-refractivity contribution in [1.29, 1.82) is 0 Å². The van der Waals surface area contributed by atoms with Crippen LogP contribution in [0.2, 0.25) is 0 Å². The molecular formula is C20H25N5O. The minimum atomic E-state index is -0.179. The lowest BCUT2D eigenvalue weighted by molar-refractivity contribution is 0.252. The summed E-state index contributed by atoms with van der Waals surface area (Å²) in [5.41, 5.74) is 5.65. The van der Waals surface area contributed by atoms with Gasteiger partial charge in [0, 0.05) is 50.2 Å². The first-order chi connectivity index (χ1) is 12.7. The fourth-order valence-electron chi connectivity index (χ4n) is 3.60. The highest BCUT2D eigenvalue weighted by molar-refractivity contribution is 5.90. The van der Waals surface area contributed by atoms with Gasteiger partial charge in [-0.1, -0.05) is 12.1 Å². The number of nitrogens with zero attached hydrogens (tertiary/aromatic N) is 2. The van der Waals surface area contributed by atoms with Gasteiger partial charge in [-0.05, 0) is 48.6 Å². The Kier molecular flexibility index (Phi) is 4.65. The summed E-state index contributed by atoms with van der Waals surface area (Å²) in [6.07, 6.45) is 4.04. The fourth-order valence-corrected chi connectivity index (χ4v) is 3.60. The van der Waals surface area contributed by atoms with Gasteiger partial charge in [0.2, 0.25) is 0 Å². The summed E-state index contributed by atoms with van der Waals surface area (Å²) < 4.78 is 0. The number of benzene rings is 1. The molecule has 0 atom stereocenters. The average molecular weight is 351 g/mol. The van der Waals surface area contributed by atoms with Crippen LogP contribution in [0.3, 0.4) is 0 Å². The number of amides is 2. The Morgan fingerprint density at radius 2 is 2.12 bits per heavy atom. The first-order valence-electron chi connectivity index (χ1n) is 9.30. The van der Waals surface area contributed by atoms with Crippen LogP contribution < -0.4 is 20.9 Å². The van der Waals surface area contributed by atoms with Crippen molar-refractivity contribution < 1.29 is 4.79 Å². The minimum absolute atomic E-state index is 0.179. The van der Waals surface area contributed by atoms with Crippen molar-refractivity contribution in [3.63, 3.8) is 0 Å². The second-order valence-electron chi connectivity index (χ2n) is 6.99. The maximum atomic E-state index is 12.1. The molecule has 4 rings (SSSR count).